The molecule has 3 aliphatic rings. The number of hydrogen-bond donors (Lipinski definition) is 2. The fourth-order valence-electron chi connectivity index (χ4n) is 9.21. The van der Waals surface area contributed by atoms with Gasteiger partial charge >= 0.3 is 6.09 Å². The van der Waals surface area contributed by atoms with Crippen molar-refractivity contribution in [2.45, 2.75) is 102 Å². The van der Waals surface area contributed by atoms with Gasteiger partial charge in [0.2, 0.25) is 11.6 Å². The Labute approximate surface area is 424 Å². The third-order valence-corrected chi connectivity index (χ3v) is 13.1. The molecule has 2 aromatic rings. The molecule has 0 fully saturated rings. The van der Waals surface area contributed by atoms with E-state index in [1.165, 1.54) is 33.9 Å². The van der Waals surface area contributed by atoms with Crippen molar-refractivity contribution in [2.75, 3.05) is 124 Å². The maximum Gasteiger partial charge on any atom is 0.407 e. The van der Waals surface area contributed by atoms with Crippen molar-refractivity contribution in [3.05, 3.63) is 108 Å². The Hall–Kier alpha value is -4.67. The number of allylic oxidation sites excluding steroid dienone is 8. The molecule has 2 heterocycles. The van der Waals surface area contributed by atoms with Crippen LogP contribution in [0.15, 0.2) is 96.8 Å². The maximum absolute atomic E-state index is 12.5. The second-order valence-corrected chi connectivity index (χ2v) is 19.1. The molecule has 392 valence electrons. The summed E-state index contributed by atoms with van der Waals surface area (Å²) < 4.78 is 46.7. The largest absolute Gasteiger partial charge is 0.446 e. The molecular formula is C57H85N4O10+. The number of hydrogen-bond acceptors (Lipinski definition) is 11. The van der Waals surface area contributed by atoms with Gasteiger partial charge < -0.3 is 53.4 Å². The molecule has 2 N–H and O–H groups in total. The Morgan fingerprint density at radius 1 is 0.634 bits per heavy atom. The molecule has 0 saturated heterocycles. The van der Waals surface area contributed by atoms with E-state index < -0.39 is 0 Å². The molecule has 14 heteroatoms. The summed E-state index contributed by atoms with van der Waals surface area (Å²) in [6, 6.07) is 17.4. The molecule has 2 aliphatic heterocycles. The Kier molecular flexibility index (Phi) is 26.1. The topological polar surface area (TPSA) is 138 Å². The third-order valence-electron chi connectivity index (χ3n) is 13.1. The maximum atomic E-state index is 12.5. The van der Waals surface area contributed by atoms with Gasteiger partial charge in [-0.3, -0.25) is 4.79 Å². The van der Waals surface area contributed by atoms with Crippen molar-refractivity contribution in [3.8, 4) is 0 Å². The number of nitrogens with one attached hydrogen (secondary N) is 2. The minimum absolute atomic E-state index is 0.0141. The Bertz CT molecular complexity index is 2050. The van der Waals surface area contributed by atoms with Gasteiger partial charge in [0, 0.05) is 60.6 Å². The first-order valence-corrected chi connectivity index (χ1v) is 26.1. The summed E-state index contributed by atoms with van der Waals surface area (Å²) in [7, 11) is 2.15. The van der Waals surface area contributed by atoms with Gasteiger partial charge in [-0.25, -0.2) is 4.79 Å². The molecule has 2 amide bonds. The van der Waals surface area contributed by atoms with E-state index in [0.29, 0.717) is 112 Å². The van der Waals surface area contributed by atoms with Gasteiger partial charge in [0.15, 0.2) is 5.71 Å². The summed E-state index contributed by atoms with van der Waals surface area (Å²) in [4.78, 5) is 27.0. The van der Waals surface area contributed by atoms with Crippen LogP contribution in [0.5, 0.6) is 0 Å². The van der Waals surface area contributed by atoms with E-state index in [9.17, 15) is 9.59 Å². The van der Waals surface area contributed by atoms with Crippen LogP contribution in [-0.4, -0.2) is 148 Å². The molecule has 0 aromatic heterocycles. The summed E-state index contributed by atoms with van der Waals surface area (Å²) in [6.07, 6.45) is 23.1. The summed E-state index contributed by atoms with van der Waals surface area (Å²) in [5.74, 6) is 0.0585. The van der Waals surface area contributed by atoms with Crippen molar-refractivity contribution in [2.24, 2.45) is 0 Å². The molecule has 71 heavy (non-hydrogen) atoms. The number of benzene rings is 2. The highest BCUT2D eigenvalue weighted by atomic mass is 16.6. The zero-order chi connectivity index (χ0) is 50.4. The van der Waals surface area contributed by atoms with Crippen LogP contribution < -0.4 is 15.5 Å². The summed E-state index contributed by atoms with van der Waals surface area (Å²) in [6.45, 7) is 17.5. The molecule has 0 bridgehead atoms. The highest BCUT2D eigenvalue weighted by Gasteiger charge is 2.42. The van der Waals surface area contributed by atoms with Gasteiger partial charge in [0.1, 0.15) is 13.2 Å². The first kappa shape index (κ1) is 57.2. The van der Waals surface area contributed by atoms with Crippen LogP contribution in [0.3, 0.4) is 0 Å². The number of amides is 2. The van der Waals surface area contributed by atoms with Gasteiger partial charge in [-0.1, -0.05) is 87.0 Å². The lowest BCUT2D eigenvalue weighted by Crippen LogP contribution is -2.31. The first-order chi connectivity index (χ1) is 34.6. The van der Waals surface area contributed by atoms with Crippen LogP contribution in [0.2, 0.25) is 0 Å². The zero-order valence-corrected chi connectivity index (χ0v) is 43.6. The van der Waals surface area contributed by atoms with E-state index in [4.69, 9.17) is 37.9 Å². The number of rotatable bonds is 34. The summed E-state index contributed by atoms with van der Waals surface area (Å²) in [5, 5.41) is 5.73. The van der Waals surface area contributed by atoms with Gasteiger partial charge in [-0.05, 0) is 76.5 Å². The lowest BCUT2D eigenvalue weighted by atomic mass is 9.81. The molecule has 0 radical (unpaired) electrons. The molecule has 1 atom stereocenters. The molecule has 0 spiro atoms. The average Bonchev–Trinajstić information content (AvgIpc) is 3.68. The lowest BCUT2D eigenvalue weighted by molar-refractivity contribution is -0.401. The fraction of sp³-hybridized carbons (Fsp3) is 0.596. The minimum atomic E-state index is -0.379. The number of carbonyl (C=O) groups excluding carboxylic acids is 2. The van der Waals surface area contributed by atoms with E-state index in [0.717, 1.165) is 57.9 Å². The van der Waals surface area contributed by atoms with Crippen LogP contribution in [0.1, 0.15) is 96.6 Å². The predicted molar refractivity (Wildman–Crippen MR) is 281 cm³/mol. The number of unbranched alkanes of at least 4 members (excludes halogenated alkanes) is 2. The predicted octanol–water partition coefficient (Wildman–Crippen LogP) is 8.89. The Balaban J connectivity index is 0.784. The molecule has 1 aliphatic carbocycles. The van der Waals surface area contributed by atoms with Crippen molar-refractivity contribution in [1.29, 1.82) is 0 Å². The Morgan fingerprint density at radius 3 is 1.83 bits per heavy atom. The molecule has 5 rings (SSSR count). The highest BCUT2D eigenvalue weighted by molar-refractivity contribution is 6.03. The monoisotopic (exact) mass is 986 g/mol. The lowest BCUT2D eigenvalue weighted by Gasteiger charge is -2.27. The van der Waals surface area contributed by atoms with Crippen LogP contribution >= 0.6 is 0 Å². The van der Waals surface area contributed by atoms with Gasteiger partial charge in [-0.2, -0.15) is 4.58 Å². The SMILES string of the molecule is C[N+]1=C(/C=C/C=C/C=C2/N(CCCCCC(=O)NCCOCCOCCOCCOCCOCCOCCOCCNC(=O)OC3CC/C=C\CCC3)c3ccccc3C2(C)C)C(C)(C)c2ccccc21. The molecular weight excluding hydrogens is 901 g/mol. The van der Waals surface area contributed by atoms with Crippen LogP contribution in [-0.2, 0) is 53.5 Å². The van der Waals surface area contributed by atoms with Gasteiger partial charge in [-0.15, -0.1) is 0 Å². The molecule has 14 nitrogen and oxygen atoms in total. The molecule has 2 aromatic carbocycles. The molecule has 1 unspecified atom stereocenters. The summed E-state index contributed by atoms with van der Waals surface area (Å²) >= 11 is 0. The van der Waals surface area contributed by atoms with Crippen molar-refractivity contribution in [1.82, 2.24) is 10.6 Å². The van der Waals surface area contributed by atoms with E-state index >= 15 is 0 Å². The average molecular weight is 986 g/mol. The number of alkyl carbamates (subject to hydrolysis) is 1. The number of ether oxygens (including phenoxy) is 8. The summed E-state index contributed by atoms with van der Waals surface area (Å²) in [5.41, 5.74) is 7.65. The van der Waals surface area contributed by atoms with Crippen molar-refractivity contribution in [3.63, 3.8) is 0 Å². The van der Waals surface area contributed by atoms with Gasteiger partial charge in [0.05, 0.1) is 97.9 Å². The number of carbonyl (C=O) groups is 2. The van der Waals surface area contributed by atoms with E-state index in [1.54, 1.807) is 0 Å². The second kappa shape index (κ2) is 32.4. The first-order valence-electron chi connectivity index (χ1n) is 26.1. The van der Waals surface area contributed by atoms with E-state index in [2.05, 4.69) is 146 Å². The Morgan fingerprint density at radius 2 is 1.20 bits per heavy atom. The number of anilines is 1. The quantitative estimate of drug-likeness (QED) is 0.0301. The van der Waals surface area contributed by atoms with Crippen LogP contribution in [0, 0.1) is 0 Å². The highest BCUT2D eigenvalue weighted by Crippen LogP contribution is 2.47. The third kappa shape index (κ3) is 19.7. The number of fused-ring (bicyclic) bond motifs is 2. The fourth-order valence-corrected chi connectivity index (χ4v) is 9.21. The molecule has 0 saturated carbocycles. The minimum Gasteiger partial charge on any atom is -0.446 e. The second-order valence-electron chi connectivity index (χ2n) is 19.1. The van der Waals surface area contributed by atoms with Crippen molar-refractivity contribution < 1.29 is 52.1 Å². The van der Waals surface area contributed by atoms with Crippen molar-refractivity contribution >= 4 is 29.1 Å². The van der Waals surface area contributed by atoms with Gasteiger partial charge in [0.25, 0.3) is 0 Å². The smallest absolute Gasteiger partial charge is 0.407 e. The number of para-hydroxylation sites is 2. The normalized spacial score (nSPS) is 18.2. The van der Waals surface area contributed by atoms with Crippen LogP contribution in [0.25, 0.3) is 0 Å². The standard InChI is InChI=1S/C57H84N4O10/c1-56(2)48-23-16-18-25-50(48)60(5)52(56)27-13-9-14-28-53-57(3,4)49-24-17-19-26-51(49)61(53)32-20-10-15-29-54(62)58-30-33-64-35-37-66-39-41-68-43-45-70-46-44-69-42-40-67-38-36-65-34-31-59-55(63)71-47-21-11-7-6-8-12-22-47/h6-7,9,13-14,16-19,23-28,47H,8,10-12,15,20-22,29-46H2,1-5H3,(H-,58,59,62,63)/p+1/b7-6-. The van der Waals surface area contributed by atoms with E-state index in [1.807, 2.05) is 0 Å². The van der Waals surface area contributed by atoms with Crippen LogP contribution in [0.4, 0.5) is 16.2 Å². The zero-order valence-electron chi connectivity index (χ0n) is 43.6. The van der Waals surface area contributed by atoms with E-state index in [-0.39, 0.29) is 28.9 Å². The number of nitrogens with zero attached hydrogens (tertiary/aromatic N) is 2.